The van der Waals surface area contributed by atoms with Crippen molar-refractivity contribution in [1.29, 1.82) is 5.41 Å². The van der Waals surface area contributed by atoms with Crippen LogP contribution in [0.1, 0.15) is 44.2 Å². The van der Waals surface area contributed by atoms with E-state index < -0.39 is 51.0 Å². The number of benzene rings is 2. The van der Waals surface area contributed by atoms with E-state index in [1.54, 1.807) is 18.2 Å². The van der Waals surface area contributed by atoms with Gasteiger partial charge in [-0.15, -0.1) is 4.65 Å². The van der Waals surface area contributed by atoms with Crippen LogP contribution in [-0.2, 0) is 4.79 Å². The molecule has 0 bridgehead atoms. The average Bonchev–Trinajstić information content (AvgIpc) is 3.44. The average molecular weight is 626 g/mol. The minimum atomic E-state index is -1.60. The minimum absolute atomic E-state index is 0.152. The lowest BCUT2D eigenvalue weighted by Gasteiger charge is -2.46. The van der Waals surface area contributed by atoms with E-state index in [1.165, 1.54) is 32.0 Å². The summed E-state index contributed by atoms with van der Waals surface area (Å²) in [6.45, 7) is 4.58. The van der Waals surface area contributed by atoms with Gasteiger partial charge in [0.25, 0.3) is 17.5 Å². The van der Waals surface area contributed by atoms with Crippen LogP contribution in [-0.4, -0.2) is 81.1 Å². The molecule has 1 fully saturated rings. The molecule has 5 rings (SSSR count). The minimum Gasteiger partial charge on any atom is -0.504 e. The third kappa shape index (κ3) is 6.05. The first kappa shape index (κ1) is 31.4. The number of rotatable bonds is 10. The fourth-order valence-electron chi connectivity index (χ4n) is 5.35. The normalized spacial score (nSPS) is 16.2. The van der Waals surface area contributed by atoms with Gasteiger partial charge in [-0.05, 0) is 36.8 Å². The summed E-state index contributed by atoms with van der Waals surface area (Å²) >= 11 is 0. The van der Waals surface area contributed by atoms with Gasteiger partial charge in [-0.1, -0.05) is 12.1 Å². The number of quaternary nitrogens is 1. The molecule has 2 aliphatic heterocycles. The van der Waals surface area contributed by atoms with Gasteiger partial charge in [0.05, 0.1) is 6.54 Å². The number of nitrogen functional groups attached to an aromatic ring is 1. The van der Waals surface area contributed by atoms with Gasteiger partial charge in [0.2, 0.25) is 17.2 Å². The Kier molecular flexibility index (Phi) is 8.52. The van der Waals surface area contributed by atoms with Gasteiger partial charge in [-0.25, -0.2) is 4.79 Å². The summed E-state index contributed by atoms with van der Waals surface area (Å²) in [7, 11) is 1.89. The van der Waals surface area contributed by atoms with Crippen molar-refractivity contribution < 1.29 is 42.7 Å². The number of carboxylic acid groups (broad SMARTS) is 1. The van der Waals surface area contributed by atoms with E-state index in [4.69, 9.17) is 25.5 Å². The largest absolute Gasteiger partial charge is 0.504 e. The molecule has 238 valence electrons. The van der Waals surface area contributed by atoms with Crippen LogP contribution in [0.4, 0.5) is 8.78 Å². The number of ether oxygens (including phenoxy) is 2. The number of carboxylic acids is 1. The van der Waals surface area contributed by atoms with E-state index in [-0.39, 0.29) is 36.0 Å². The van der Waals surface area contributed by atoms with Crippen molar-refractivity contribution in [1.82, 2.24) is 9.88 Å². The highest BCUT2D eigenvalue weighted by Crippen LogP contribution is 2.43. The summed E-state index contributed by atoms with van der Waals surface area (Å²) in [6.07, 6.45) is 1.93. The maximum atomic E-state index is 16.3. The molecule has 1 aromatic heterocycles. The van der Waals surface area contributed by atoms with Crippen molar-refractivity contribution in [3.05, 3.63) is 65.2 Å². The number of nitrogens with one attached hydrogen (secondary N) is 1. The van der Waals surface area contributed by atoms with Crippen LogP contribution in [0, 0.1) is 17.0 Å². The number of pyridine rings is 1. The molecule has 45 heavy (non-hydrogen) atoms. The Morgan fingerprint density at radius 1 is 1.07 bits per heavy atom. The molecule has 0 radical (unpaired) electrons. The fourth-order valence-corrected chi connectivity index (χ4v) is 5.35. The number of aromatic hydroxyl groups is 1. The quantitative estimate of drug-likeness (QED) is 0.141. The van der Waals surface area contributed by atoms with Gasteiger partial charge in [-0.3, -0.25) is 10.4 Å². The number of hydrogen-bond donors (Lipinski definition) is 4. The predicted molar refractivity (Wildman–Crippen MR) is 160 cm³/mol. The molecule has 1 saturated heterocycles. The van der Waals surface area contributed by atoms with Crippen LogP contribution in [0.5, 0.6) is 34.8 Å². The van der Waals surface area contributed by atoms with E-state index in [0.717, 1.165) is 13.0 Å². The number of aliphatic imine (C=N–C) groups is 1. The molecule has 0 amide bonds. The number of likely N-dealkylation sites (N-methyl/N-ethyl adjacent to an activating group) is 1. The SMILES string of the molecule is CN1CCN=C1c1cccc(Oc2nc(Oc3cc(C(=N)N)ccc3O)c(F)c(O[N+]3(C(C)(C)C(=O)O)CCCCC3)c2F)c1. The molecule has 0 spiro atoms. The Bertz CT molecular complexity index is 1670. The van der Waals surface area contributed by atoms with E-state index in [0.29, 0.717) is 30.8 Å². The topological polar surface area (TPSA) is 164 Å². The highest BCUT2D eigenvalue weighted by atomic mass is 19.1. The first-order chi connectivity index (χ1) is 21.3. The number of phenolic OH excluding ortho intramolecular Hbond substituents is 1. The Balaban J connectivity index is 1.63. The number of aromatic nitrogens is 1. The molecule has 12 nitrogen and oxygen atoms in total. The lowest BCUT2D eigenvalue weighted by Crippen LogP contribution is -2.69. The zero-order chi connectivity index (χ0) is 32.5. The molecule has 0 saturated carbocycles. The predicted octanol–water partition coefficient (Wildman–Crippen LogP) is 4.78. The van der Waals surface area contributed by atoms with Gasteiger partial charge in [0.1, 0.15) is 30.5 Å². The maximum absolute atomic E-state index is 16.3. The van der Waals surface area contributed by atoms with Crippen LogP contribution in [0.3, 0.4) is 0 Å². The van der Waals surface area contributed by atoms with Crippen molar-refractivity contribution in [2.24, 2.45) is 10.7 Å². The smallest absolute Gasteiger partial charge is 0.369 e. The lowest BCUT2D eigenvalue weighted by molar-refractivity contribution is -1.11. The Morgan fingerprint density at radius 2 is 1.76 bits per heavy atom. The van der Waals surface area contributed by atoms with E-state index in [9.17, 15) is 15.0 Å². The van der Waals surface area contributed by atoms with Gasteiger partial charge in [-0.2, -0.15) is 13.8 Å². The number of piperidine rings is 1. The number of hydroxylamine groups is 3. The number of amidine groups is 2. The number of likely N-dealkylation sites (tertiary alicyclic amines) is 1. The third-order valence-electron chi connectivity index (χ3n) is 8.17. The summed E-state index contributed by atoms with van der Waals surface area (Å²) in [4.78, 5) is 28.8. The maximum Gasteiger partial charge on any atom is 0.369 e. The first-order valence-corrected chi connectivity index (χ1v) is 14.4. The van der Waals surface area contributed by atoms with Crippen molar-refractivity contribution >= 4 is 17.6 Å². The number of nitrogens with two attached hydrogens (primary N) is 1. The van der Waals surface area contributed by atoms with Crippen LogP contribution in [0.2, 0.25) is 0 Å². The zero-order valence-corrected chi connectivity index (χ0v) is 25.1. The molecular formula is C31H35F2N6O6+. The van der Waals surface area contributed by atoms with Crippen LogP contribution in [0.25, 0.3) is 0 Å². The Morgan fingerprint density at radius 3 is 2.38 bits per heavy atom. The number of aliphatic carboxylic acids is 1. The van der Waals surface area contributed by atoms with Crippen LogP contribution in [0.15, 0.2) is 47.5 Å². The van der Waals surface area contributed by atoms with Crippen molar-refractivity contribution in [3.63, 3.8) is 0 Å². The lowest BCUT2D eigenvalue weighted by atomic mass is 9.97. The monoisotopic (exact) mass is 625 g/mol. The summed E-state index contributed by atoms with van der Waals surface area (Å²) in [5.41, 5.74) is 4.84. The summed E-state index contributed by atoms with van der Waals surface area (Å²) in [5.74, 6) is -6.63. The number of carbonyl (C=O) groups is 1. The molecular weight excluding hydrogens is 590 g/mol. The molecule has 5 N–H and O–H groups in total. The molecule has 3 aromatic rings. The molecule has 0 aliphatic carbocycles. The fraction of sp³-hybridized carbons (Fsp3) is 0.355. The first-order valence-electron chi connectivity index (χ1n) is 14.4. The molecule has 0 atom stereocenters. The van der Waals surface area contributed by atoms with Crippen molar-refractivity contribution in [2.45, 2.75) is 38.6 Å². The molecule has 2 aliphatic rings. The summed E-state index contributed by atoms with van der Waals surface area (Å²) in [6, 6.07) is 10.4. The third-order valence-corrected chi connectivity index (χ3v) is 8.17. The summed E-state index contributed by atoms with van der Waals surface area (Å²) < 4.78 is 43.3. The van der Waals surface area contributed by atoms with Crippen LogP contribution >= 0.6 is 0 Å². The second-order valence-corrected chi connectivity index (χ2v) is 11.5. The van der Waals surface area contributed by atoms with E-state index >= 15 is 8.78 Å². The van der Waals surface area contributed by atoms with Gasteiger partial charge in [0, 0.05) is 51.4 Å². The number of hydrogen-bond acceptors (Lipinski definition) is 9. The van der Waals surface area contributed by atoms with Crippen LogP contribution < -0.4 is 20.0 Å². The second-order valence-electron chi connectivity index (χ2n) is 11.5. The van der Waals surface area contributed by atoms with E-state index in [1.807, 2.05) is 18.0 Å². The molecule has 3 heterocycles. The highest BCUT2D eigenvalue weighted by molar-refractivity contribution is 6.00. The molecule has 14 heteroatoms. The molecule has 0 unspecified atom stereocenters. The Hall–Kier alpha value is -4.98. The van der Waals surface area contributed by atoms with E-state index in [2.05, 4.69) is 9.98 Å². The molecule has 2 aromatic carbocycles. The van der Waals surface area contributed by atoms with Crippen molar-refractivity contribution in [2.75, 3.05) is 33.2 Å². The zero-order valence-electron chi connectivity index (χ0n) is 25.1. The second kappa shape index (κ2) is 12.2. The summed E-state index contributed by atoms with van der Waals surface area (Å²) in [5, 5.41) is 28.2. The van der Waals surface area contributed by atoms with Gasteiger partial charge >= 0.3 is 5.97 Å². The van der Waals surface area contributed by atoms with Gasteiger partial charge < -0.3 is 35.2 Å². The van der Waals surface area contributed by atoms with Gasteiger partial charge in [0.15, 0.2) is 11.5 Å². The Labute approximate surface area is 258 Å². The highest BCUT2D eigenvalue weighted by Gasteiger charge is 2.55. The number of phenols is 1. The number of halogens is 2. The number of nitrogens with zero attached hydrogens (tertiary/aromatic N) is 4. The standard InChI is InChI=1S/C31H34F2N6O6/c1-31(2,30(41)42)39(14-5-4-6-15-39)45-25-23(32)28(43-20-9-7-8-19(16-20)27-36-12-13-38(27)3)37-29(24(25)33)44-22-17-18(26(34)35)10-11-21(22)40/h7-11,16-17H,4-6,12-15H2,1-3H3,(H4-,34,35,40,41,42)/p+1. The van der Waals surface area contributed by atoms with Crippen molar-refractivity contribution in [3.8, 4) is 34.8 Å².